The molecule has 0 amide bonds. The Morgan fingerprint density at radius 2 is 1.86 bits per heavy atom. The van der Waals surface area contributed by atoms with Crippen LogP contribution in [0.1, 0.15) is 30.0 Å². The van der Waals surface area contributed by atoms with Crippen LogP contribution < -0.4 is 0 Å². The normalized spacial score (nSPS) is 10.2. The fourth-order valence-corrected chi connectivity index (χ4v) is 1.37. The molecule has 0 heterocycles. The minimum atomic E-state index is 0.155. The first-order chi connectivity index (χ1) is 6.50. The van der Waals surface area contributed by atoms with E-state index in [2.05, 4.69) is 0 Å². The number of hydrogen-bond donors (Lipinski definition) is 1. The van der Waals surface area contributed by atoms with Gasteiger partial charge < -0.3 is 9.90 Å². The quantitative estimate of drug-likeness (QED) is 0.799. The summed E-state index contributed by atoms with van der Waals surface area (Å²) in [7, 11) is 0. The van der Waals surface area contributed by atoms with Crippen LogP contribution in [0.15, 0.2) is 12.1 Å². The second-order valence-electron chi connectivity index (χ2n) is 3.77. The van der Waals surface area contributed by atoms with Crippen molar-refractivity contribution in [1.82, 2.24) is 0 Å². The summed E-state index contributed by atoms with van der Waals surface area (Å²) >= 11 is 0. The summed E-state index contributed by atoms with van der Waals surface area (Å²) in [6.45, 7) is 5.54. The molecule has 0 saturated carbocycles. The summed E-state index contributed by atoms with van der Waals surface area (Å²) in [6, 6.07) is 3.71. The molecule has 0 fully saturated rings. The van der Waals surface area contributed by atoms with E-state index < -0.39 is 0 Å². The molecule has 2 heteroatoms. The van der Waals surface area contributed by atoms with Gasteiger partial charge in [-0.2, -0.15) is 0 Å². The van der Waals surface area contributed by atoms with E-state index in [1.165, 1.54) is 0 Å². The van der Waals surface area contributed by atoms with Crippen molar-refractivity contribution in [1.29, 1.82) is 0 Å². The largest absolute Gasteiger partial charge is 0.508 e. The van der Waals surface area contributed by atoms with Crippen molar-refractivity contribution in [3.63, 3.8) is 0 Å². The van der Waals surface area contributed by atoms with E-state index in [9.17, 15) is 9.90 Å². The van der Waals surface area contributed by atoms with Crippen molar-refractivity contribution in [2.75, 3.05) is 0 Å². The lowest BCUT2D eigenvalue weighted by atomic mass is 10.0. The number of benzene rings is 1. The lowest BCUT2D eigenvalue weighted by molar-refractivity contribution is -0.116. The maximum atomic E-state index is 10.8. The third kappa shape index (κ3) is 2.59. The van der Waals surface area contributed by atoms with Crippen molar-refractivity contribution < 1.29 is 9.90 Å². The fraction of sp³-hybridized carbons (Fsp3) is 0.417. The van der Waals surface area contributed by atoms with E-state index in [-0.39, 0.29) is 5.78 Å². The van der Waals surface area contributed by atoms with Crippen LogP contribution in [0.25, 0.3) is 0 Å². The predicted molar refractivity (Wildman–Crippen MR) is 56.6 cm³/mol. The Morgan fingerprint density at radius 3 is 2.43 bits per heavy atom. The summed E-state index contributed by atoms with van der Waals surface area (Å²) < 4.78 is 0. The number of Topliss-reactive ketones (excluding diaryl/α,β-unsaturated/α-hetero) is 1. The molecule has 1 rings (SSSR count). The Labute approximate surface area is 84.6 Å². The van der Waals surface area contributed by atoms with E-state index in [1.54, 1.807) is 13.0 Å². The fourth-order valence-electron chi connectivity index (χ4n) is 1.37. The third-order valence-electron chi connectivity index (χ3n) is 2.44. The lowest BCUT2D eigenvalue weighted by Crippen LogP contribution is -1.95. The first kappa shape index (κ1) is 10.8. The number of aromatic hydroxyl groups is 1. The molecular weight excluding hydrogens is 176 g/mol. The zero-order valence-corrected chi connectivity index (χ0v) is 8.92. The molecule has 76 valence electrons. The van der Waals surface area contributed by atoms with Crippen LogP contribution in [0, 0.1) is 13.8 Å². The Morgan fingerprint density at radius 1 is 1.29 bits per heavy atom. The molecule has 1 aromatic rings. The molecule has 1 N–H and O–H groups in total. The van der Waals surface area contributed by atoms with Crippen molar-refractivity contribution in [3.8, 4) is 5.75 Å². The van der Waals surface area contributed by atoms with Gasteiger partial charge in [-0.15, -0.1) is 0 Å². The van der Waals surface area contributed by atoms with Gasteiger partial charge in [0.25, 0.3) is 0 Å². The van der Waals surface area contributed by atoms with Crippen LogP contribution in [-0.4, -0.2) is 10.9 Å². The van der Waals surface area contributed by atoms with Crippen molar-refractivity contribution in [3.05, 3.63) is 28.8 Å². The molecule has 0 radical (unpaired) electrons. The van der Waals surface area contributed by atoms with Gasteiger partial charge in [0.05, 0.1) is 0 Å². The molecule has 0 aromatic heterocycles. The first-order valence-electron chi connectivity index (χ1n) is 4.79. The molecule has 0 aliphatic heterocycles. The molecule has 0 spiro atoms. The van der Waals surface area contributed by atoms with Gasteiger partial charge in [0.15, 0.2) is 0 Å². The van der Waals surface area contributed by atoms with Crippen molar-refractivity contribution in [2.45, 2.75) is 33.6 Å². The third-order valence-corrected chi connectivity index (χ3v) is 2.44. The molecule has 0 aliphatic carbocycles. The number of hydrogen-bond acceptors (Lipinski definition) is 2. The van der Waals surface area contributed by atoms with E-state index in [1.807, 2.05) is 19.9 Å². The first-order valence-corrected chi connectivity index (χ1v) is 4.79. The Balaban J connectivity index is 2.87. The van der Waals surface area contributed by atoms with E-state index >= 15 is 0 Å². The lowest BCUT2D eigenvalue weighted by Gasteiger charge is -2.07. The summed E-state index contributed by atoms with van der Waals surface area (Å²) in [5, 5.41) is 9.62. The topological polar surface area (TPSA) is 37.3 Å². The summed E-state index contributed by atoms with van der Waals surface area (Å²) in [5.74, 6) is 0.456. The van der Waals surface area contributed by atoms with Gasteiger partial charge >= 0.3 is 0 Å². The highest BCUT2D eigenvalue weighted by Crippen LogP contribution is 2.22. The van der Waals surface area contributed by atoms with E-state index in [4.69, 9.17) is 0 Å². The maximum absolute atomic E-state index is 10.8. The molecule has 0 saturated heterocycles. The number of aryl methyl sites for hydroxylation is 3. The SMILES string of the molecule is CC(=O)CCc1cc(C)c(C)cc1O. The zero-order valence-electron chi connectivity index (χ0n) is 8.92. The molecule has 0 aliphatic rings. The number of phenolic OH excluding ortho intramolecular Hbond substituents is 1. The predicted octanol–water partition coefficient (Wildman–Crippen LogP) is 2.53. The molecule has 2 nitrogen and oxygen atoms in total. The molecular formula is C12H16O2. The summed E-state index contributed by atoms with van der Waals surface area (Å²) in [5.41, 5.74) is 3.10. The van der Waals surface area contributed by atoms with Crippen molar-refractivity contribution >= 4 is 5.78 Å². The molecule has 14 heavy (non-hydrogen) atoms. The molecule has 1 aromatic carbocycles. The van der Waals surface area contributed by atoms with Gasteiger partial charge in [0.2, 0.25) is 0 Å². The smallest absolute Gasteiger partial charge is 0.130 e. The number of ketones is 1. The standard InChI is InChI=1S/C12H16O2/c1-8-6-11(5-4-10(3)13)12(14)7-9(8)2/h6-7,14H,4-5H2,1-3H3. The number of carbonyl (C=O) groups excluding carboxylic acids is 1. The van der Waals surface area contributed by atoms with Crippen molar-refractivity contribution in [2.24, 2.45) is 0 Å². The van der Waals surface area contributed by atoms with E-state index in [0.29, 0.717) is 18.6 Å². The highest BCUT2D eigenvalue weighted by Gasteiger charge is 2.05. The van der Waals surface area contributed by atoms with Crippen LogP contribution in [0.4, 0.5) is 0 Å². The highest BCUT2D eigenvalue weighted by atomic mass is 16.3. The Hall–Kier alpha value is -1.31. The van der Waals surface area contributed by atoms with E-state index in [0.717, 1.165) is 16.7 Å². The summed E-state index contributed by atoms with van der Waals surface area (Å²) in [4.78, 5) is 10.8. The zero-order chi connectivity index (χ0) is 10.7. The van der Waals surface area contributed by atoms with Crippen LogP contribution in [-0.2, 0) is 11.2 Å². The van der Waals surface area contributed by atoms with Gasteiger partial charge in [-0.05, 0) is 49.9 Å². The van der Waals surface area contributed by atoms with Gasteiger partial charge in [-0.25, -0.2) is 0 Å². The van der Waals surface area contributed by atoms with Crippen LogP contribution in [0.3, 0.4) is 0 Å². The minimum absolute atomic E-state index is 0.155. The average Bonchev–Trinajstić information content (AvgIpc) is 2.09. The van der Waals surface area contributed by atoms with Crippen LogP contribution in [0.5, 0.6) is 5.75 Å². The van der Waals surface area contributed by atoms with Crippen LogP contribution in [0.2, 0.25) is 0 Å². The molecule has 0 unspecified atom stereocenters. The molecule has 0 atom stereocenters. The maximum Gasteiger partial charge on any atom is 0.130 e. The molecule has 0 bridgehead atoms. The monoisotopic (exact) mass is 192 g/mol. The van der Waals surface area contributed by atoms with Crippen LogP contribution >= 0.6 is 0 Å². The Bertz CT molecular complexity index is 354. The van der Waals surface area contributed by atoms with Gasteiger partial charge in [0.1, 0.15) is 11.5 Å². The average molecular weight is 192 g/mol. The minimum Gasteiger partial charge on any atom is -0.508 e. The van der Waals surface area contributed by atoms with Gasteiger partial charge in [0, 0.05) is 6.42 Å². The van der Waals surface area contributed by atoms with Gasteiger partial charge in [-0.3, -0.25) is 0 Å². The highest BCUT2D eigenvalue weighted by molar-refractivity contribution is 5.75. The van der Waals surface area contributed by atoms with Gasteiger partial charge in [-0.1, -0.05) is 6.07 Å². The number of phenols is 1. The summed E-state index contributed by atoms with van der Waals surface area (Å²) in [6.07, 6.45) is 1.12. The second-order valence-corrected chi connectivity index (χ2v) is 3.77. The number of rotatable bonds is 3. The second kappa shape index (κ2) is 4.27. The number of carbonyl (C=O) groups is 1. The Kier molecular flexibility index (Phi) is 3.28.